The zero-order valence-corrected chi connectivity index (χ0v) is 11.1. The van der Waals surface area contributed by atoms with Crippen molar-refractivity contribution in [2.45, 2.75) is 6.04 Å². The minimum Gasteiger partial charge on any atom is -0.392 e. The lowest BCUT2D eigenvalue weighted by Gasteiger charge is -2.34. The van der Waals surface area contributed by atoms with E-state index in [1.807, 2.05) is 24.3 Å². The zero-order valence-electron chi connectivity index (χ0n) is 9.53. The number of benzene rings is 1. The average Bonchev–Trinajstić information content (AvgIpc) is 2.30. The van der Waals surface area contributed by atoms with Gasteiger partial charge in [0.2, 0.25) is 0 Å². The van der Waals surface area contributed by atoms with Crippen LogP contribution in [0, 0.1) is 0 Å². The van der Waals surface area contributed by atoms with Crippen LogP contribution in [-0.2, 0) is 0 Å². The molecule has 2 rings (SSSR count). The van der Waals surface area contributed by atoms with Crippen LogP contribution in [0.15, 0.2) is 24.3 Å². The molecule has 3 nitrogen and oxygen atoms in total. The van der Waals surface area contributed by atoms with Crippen molar-refractivity contribution in [2.75, 3.05) is 26.2 Å². The molecular formula is C12H16ClN3S. The van der Waals surface area contributed by atoms with Crippen LogP contribution < -0.4 is 11.1 Å². The summed E-state index contributed by atoms with van der Waals surface area (Å²) in [7, 11) is 0. The lowest BCUT2D eigenvalue weighted by atomic mass is 10.0. The van der Waals surface area contributed by atoms with Gasteiger partial charge in [0.15, 0.2) is 0 Å². The minimum absolute atomic E-state index is 0.00852. The Balaban J connectivity index is 2.25. The molecule has 0 bridgehead atoms. The summed E-state index contributed by atoms with van der Waals surface area (Å²) < 4.78 is 0. The molecule has 0 saturated carbocycles. The third-order valence-electron chi connectivity index (χ3n) is 2.95. The second-order valence-electron chi connectivity index (χ2n) is 4.15. The summed E-state index contributed by atoms with van der Waals surface area (Å²) in [5, 5.41) is 4.04. The summed E-state index contributed by atoms with van der Waals surface area (Å²) in [6, 6.07) is 7.75. The van der Waals surface area contributed by atoms with Gasteiger partial charge in [0.25, 0.3) is 0 Å². The van der Waals surface area contributed by atoms with E-state index >= 15 is 0 Å². The molecule has 1 saturated heterocycles. The highest BCUT2D eigenvalue weighted by molar-refractivity contribution is 7.80. The van der Waals surface area contributed by atoms with Gasteiger partial charge in [-0.2, -0.15) is 0 Å². The van der Waals surface area contributed by atoms with Gasteiger partial charge >= 0.3 is 0 Å². The highest BCUT2D eigenvalue weighted by atomic mass is 35.5. The standard InChI is InChI=1S/C12H16ClN3S/c13-10-3-1-2-9(8-10)11(12(14)17)16-6-4-15-5-7-16/h1-3,8,11,15H,4-7H2,(H2,14,17). The summed E-state index contributed by atoms with van der Waals surface area (Å²) >= 11 is 11.2. The summed E-state index contributed by atoms with van der Waals surface area (Å²) in [6.07, 6.45) is 0. The lowest BCUT2D eigenvalue weighted by molar-refractivity contribution is 0.215. The Hall–Kier alpha value is -0.680. The van der Waals surface area contributed by atoms with Crippen LogP contribution in [0.4, 0.5) is 0 Å². The summed E-state index contributed by atoms with van der Waals surface area (Å²) in [4.78, 5) is 2.80. The van der Waals surface area contributed by atoms with Crippen LogP contribution in [-0.4, -0.2) is 36.1 Å². The Kier molecular flexibility index (Phi) is 4.34. The van der Waals surface area contributed by atoms with Crippen LogP contribution >= 0.6 is 23.8 Å². The predicted octanol–water partition coefficient (Wildman–Crippen LogP) is 1.57. The van der Waals surface area contributed by atoms with E-state index in [1.165, 1.54) is 0 Å². The van der Waals surface area contributed by atoms with Crippen LogP contribution in [0.1, 0.15) is 11.6 Å². The predicted molar refractivity (Wildman–Crippen MR) is 75.4 cm³/mol. The Morgan fingerprint density at radius 3 is 2.71 bits per heavy atom. The Labute approximate surface area is 112 Å². The Morgan fingerprint density at radius 2 is 2.12 bits per heavy atom. The third kappa shape index (κ3) is 3.16. The highest BCUT2D eigenvalue weighted by Gasteiger charge is 2.24. The molecule has 0 radical (unpaired) electrons. The molecule has 17 heavy (non-hydrogen) atoms. The molecule has 0 amide bonds. The quantitative estimate of drug-likeness (QED) is 0.818. The van der Waals surface area contributed by atoms with Gasteiger partial charge in [0.1, 0.15) is 0 Å². The lowest BCUT2D eigenvalue weighted by Crippen LogP contribution is -2.48. The molecule has 1 aliphatic heterocycles. The second kappa shape index (κ2) is 5.78. The molecular weight excluding hydrogens is 254 g/mol. The number of rotatable bonds is 3. The SMILES string of the molecule is NC(=S)C(c1cccc(Cl)c1)N1CCNCC1. The Morgan fingerprint density at radius 1 is 1.41 bits per heavy atom. The number of hydrogen-bond acceptors (Lipinski definition) is 3. The van der Waals surface area contributed by atoms with E-state index in [4.69, 9.17) is 29.6 Å². The van der Waals surface area contributed by atoms with E-state index < -0.39 is 0 Å². The van der Waals surface area contributed by atoms with Gasteiger partial charge in [-0.3, -0.25) is 4.90 Å². The van der Waals surface area contributed by atoms with Crippen molar-refractivity contribution in [1.82, 2.24) is 10.2 Å². The molecule has 1 unspecified atom stereocenters. The van der Waals surface area contributed by atoms with Gasteiger partial charge in [-0.25, -0.2) is 0 Å². The number of nitrogens with zero attached hydrogens (tertiary/aromatic N) is 1. The van der Waals surface area contributed by atoms with Crippen LogP contribution in [0.5, 0.6) is 0 Å². The topological polar surface area (TPSA) is 41.3 Å². The maximum Gasteiger partial charge on any atom is 0.0948 e. The number of halogens is 1. The number of thiocarbonyl (C=S) groups is 1. The van der Waals surface area contributed by atoms with Crippen LogP contribution in [0.2, 0.25) is 5.02 Å². The van der Waals surface area contributed by atoms with Gasteiger partial charge in [0.05, 0.1) is 11.0 Å². The summed E-state index contributed by atoms with van der Waals surface area (Å²) in [5.41, 5.74) is 6.95. The fourth-order valence-electron chi connectivity index (χ4n) is 2.17. The highest BCUT2D eigenvalue weighted by Crippen LogP contribution is 2.24. The molecule has 1 aliphatic rings. The largest absolute Gasteiger partial charge is 0.392 e. The molecule has 1 fully saturated rings. The monoisotopic (exact) mass is 269 g/mol. The Bertz CT molecular complexity index is 404. The number of piperazine rings is 1. The fourth-order valence-corrected chi connectivity index (χ4v) is 2.66. The molecule has 0 aliphatic carbocycles. The zero-order chi connectivity index (χ0) is 12.3. The van der Waals surface area contributed by atoms with Crippen molar-refractivity contribution in [3.63, 3.8) is 0 Å². The number of nitrogens with one attached hydrogen (secondary N) is 1. The second-order valence-corrected chi connectivity index (χ2v) is 5.05. The van der Waals surface area contributed by atoms with Crippen molar-refractivity contribution in [2.24, 2.45) is 5.73 Å². The molecule has 1 aromatic rings. The van der Waals surface area contributed by atoms with Gasteiger partial charge in [-0.05, 0) is 17.7 Å². The van der Waals surface area contributed by atoms with E-state index in [9.17, 15) is 0 Å². The van der Waals surface area contributed by atoms with E-state index in [0.717, 1.165) is 36.8 Å². The summed E-state index contributed by atoms with van der Waals surface area (Å²) in [6.45, 7) is 3.85. The van der Waals surface area contributed by atoms with E-state index in [1.54, 1.807) is 0 Å². The maximum atomic E-state index is 6.02. The van der Waals surface area contributed by atoms with Crippen molar-refractivity contribution < 1.29 is 0 Å². The summed E-state index contributed by atoms with van der Waals surface area (Å²) in [5.74, 6) is 0. The van der Waals surface area contributed by atoms with Crippen molar-refractivity contribution in [1.29, 1.82) is 0 Å². The first-order chi connectivity index (χ1) is 8.18. The molecule has 0 spiro atoms. The van der Waals surface area contributed by atoms with Gasteiger partial charge in [-0.1, -0.05) is 36.0 Å². The van der Waals surface area contributed by atoms with E-state index in [-0.39, 0.29) is 6.04 Å². The van der Waals surface area contributed by atoms with Crippen molar-refractivity contribution >= 4 is 28.8 Å². The molecule has 1 atom stereocenters. The molecule has 1 heterocycles. The molecule has 5 heteroatoms. The fraction of sp³-hybridized carbons (Fsp3) is 0.417. The average molecular weight is 270 g/mol. The first-order valence-corrected chi connectivity index (χ1v) is 6.46. The maximum absolute atomic E-state index is 6.02. The third-order valence-corrected chi connectivity index (χ3v) is 3.41. The smallest absolute Gasteiger partial charge is 0.0948 e. The molecule has 92 valence electrons. The van der Waals surface area contributed by atoms with Gasteiger partial charge in [0, 0.05) is 31.2 Å². The number of hydrogen-bond donors (Lipinski definition) is 2. The molecule has 3 N–H and O–H groups in total. The van der Waals surface area contributed by atoms with Gasteiger partial charge in [-0.15, -0.1) is 0 Å². The molecule has 1 aromatic carbocycles. The van der Waals surface area contributed by atoms with Gasteiger partial charge < -0.3 is 11.1 Å². The van der Waals surface area contributed by atoms with E-state index in [0.29, 0.717) is 4.99 Å². The van der Waals surface area contributed by atoms with Crippen molar-refractivity contribution in [3.05, 3.63) is 34.9 Å². The van der Waals surface area contributed by atoms with Crippen LogP contribution in [0.3, 0.4) is 0 Å². The van der Waals surface area contributed by atoms with Crippen molar-refractivity contribution in [3.8, 4) is 0 Å². The molecule has 0 aromatic heterocycles. The minimum atomic E-state index is -0.00852. The first kappa shape index (κ1) is 12.8. The normalized spacial score (nSPS) is 18.9. The first-order valence-electron chi connectivity index (χ1n) is 5.68. The van der Waals surface area contributed by atoms with Crippen LogP contribution in [0.25, 0.3) is 0 Å². The van der Waals surface area contributed by atoms with E-state index in [2.05, 4.69) is 10.2 Å². The number of nitrogens with two attached hydrogens (primary N) is 1.